The van der Waals surface area contributed by atoms with Gasteiger partial charge < -0.3 is 16.2 Å². The first kappa shape index (κ1) is 15.3. The summed E-state index contributed by atoms with van der Waals surface area (Å²) in [4.78, 5) is 8.80. The lowest BCUT2D eigenvalue weighted by Crippen LogP contribution is -2.15. The van der Waals surface area contributed by atoms with E-state index in [9.17, 15) is 5.11 Å². The fraction of sp³-hybridized carbons (Fsp3) is 0.375. The van der Waals surface area contributed by atoms with Gasteiger partial charge >= 0.3 is 0 Å². The number of rotatable bonds is 5. The molecule has 2 aromatic rings. The summed E-state index contributed by atoms with van der Waals surface area (Å²) in [6, 6.07) is 9.17. The van der Waals surface area contributed by atoms with E-state index in [-0.39, 0.29) is 0 Å². The number of aryl methyl sites for hydroxylation is 1. The maximum absolute atomic E-state index is 10.2. The van der Waals surface area contributed by atoms with Crippen molar-refractivity contribution in [2.75, 3.05) is 17.6 Å². The number of aliphatic hydroxyl groups excluding tert-OH is 1. The average Bonchev–Trinajstić information content (AvgIpc) is 2.45. The molecule has 0 bridgehead atoms. The lowest BCUT2D eigenvalue weighted by molar-refractivity contribution is 0.191. The zero-order chi connectivity index (χ0) is 15.4. The van der Waals surface area contributed by atoms with E-state index in [1.165, 1.54) is 0 Å². The first-order valence-corrected chi connectivity index (χ1v) is 7.08. The van der Waals surface area contributed by atoms with Crippen molar-refractivity contribution in [2.45, 2.75) is 32.8 Å². The number of nitrogens with two attached hydrogens (primary N) is 1. The summed E-state index contributed by atoms with van der Waals surface area (Å²) in [7, 11) is 0. The van der Waals surface area contributed by atoms with Crippen molar-refractivity contribution in [3.8, 4) is 0 Å². The average molecular weight is 286 g/mol. The molecular weight excluding hydrogens is 264 g/mol. The second-order valence-corrected chi connectivity index (χ2v) is 5.48. The van der Waals surface area contributed by atoms with E-state index in [2.05, 4.69) is 29.1 Å². The number of nitrogen functional groups attached to an aromatic ring is 1. The Morgan fingerprint density at radius 2 is 1.86 bits per heavy atom. The number of aromatic nitrogens is 2. The van der Waals surface area contributed by atoms with Crippen LogP contribution in [0.15, 0.2) is 30.3 Å². The molecule has 4 N–H and O–H groups in total. The van der Waals surface area contributed by atoms with Gasteiger partial charge in [0.2, 0.25) is 5.95 Å². The Morgan fingerprint density at radius 1 is 1.19 bits per heavy atom. The first-order chi connectivity index (χ1) is 9.95. The third-order valence-corrected chi connectivity index (χ3v) is 3.24. The van der Waals surface area contributed by atoms with E-state index in [1.807, 2.05) is 25.1 Å². The molecule has 21 heavy (non-hydrogen) atoms. The van der Waals surface area contributed by atoms with Crippen LogP contribution in [-0.2, 0) is 0 Å². The Labute approximate surface area is 125 Å². The maximum Gasteiger partial charge on any atom is 0.223 e. The molecule has 0 amide bonds. The van der Waals surface area contributed by atoms with Gasteiger partial charge in [-0.1, -0.05) is 26.0 Å². The maximum atomic E-state index is 10.2. The van der Waals surface area contributed by atoms with Gasteiger partial charge in [-0.15, -0.1) is 0 Å². The van der Waals surface area contributed by atoms with Crippen molar-refractivity contribution in [3.05, 3.63) is 47.3 Å². The van der Waals surface area contributed by atoms with Crippen LogP contribution in [0.2, 0.25) is 0 Å². The van der Waals surface area contributed by atoms with Gasteiger partial charge in [-0.2, -0.15) is 0 Å². The largest absolute Gasteiger partial charge is 0.399 e. The summed E-state index contributed by atoms with van der Waals surface area (Å²) >= 11 is 0. The third-order valence-electron chi connectivity index (χ3n) is 3.24. The summed E-state index contributed by atoms with van der Waals surface area (Å²) in [5, 5.41) is 13.3. The molecule has 0 fully saturated rings. The predicted molar refractivity (Wildman–Crippen MR) is 85.2 cm³/mol. The highest BCUT2D eigenvalue weighted by atomic mass is 16.3. The highest BCUT2D eigenvalue weighted by molar-refractivity contribution is 5.40. The van der Waals surface area contributed by atoms with Crippen molar-refractivity contribution in [1.82, 2.24) is 9.97 Å². The van der Waals surface area contributed by atoms with E-state index < -0.39 is 6.10 Å². The minimum absolute atomic E-state index is 0.342. The molecule has 1 heterocycles. The van der Waals surface area contributed by atoms with Gasteiger partial charge in [-0.3, -0.25) is 0 Å². The highest BCUT2D eigenvalue weighted by Crippen LogP contribution is 2.17. The zero-order valence-electron chi connectivity index (χ0n) is 12.7. The molecule has 1 aromatic carbocycles. The minimum atomic E-state index is -0.628. The van der Waals surface area contributed by atoms with Gasteiger partial charge in [0.1, 0.15) is 0 Å². The molecule has 5 nitrogen and oxygen atoms in total. The van der Waals surface area contributed by atoms with Crippen molar-refractivity contribution < 1.29 is 5.11 Å². The summed E-state index contributed by atoms with van der Waals surface area (Å²) in [6.07, 6.45) is -0.628. The lowest BCUT2D eigenvalue weighted by Gasteiger charge is -2.14. The Hall–Kier alpha value is -2.14. The standard InChI is InChI=1S/C16H22N4O/c1-10(2)14-8-11(3)19-16(20-14)18-9-15(21)12-4-6-13(17)7-5-12/h4-8,10,15,21H,9,17H2,1-3H3,(H,18,19,20). The molecule has 5 heteroatoms. The van der Waals surface area contributed by atoms with Gasteiger partial charge in [-0.05, 0) is 36.6 Å². The van der Waals surface area contributed by atoms with E-state index in [0.717, 1.165) is 17.0 Å². The molecule has 0 saturated carbocycles. The smallest absolute Gasteiger partial charge is 0.223 e. The van der Waals surface area contributed by atoms with E-state index in [1.54, 1.807) is 12.1 Å². The van der Waals surface area contributed by atoms with Gasteiger partial charge in [0, 0.05) is 23.6 Å². The Balaban J connectivity index is 2.04. The summed E-state index contributed by atoms with van der Waals surface area (Å²) < 4.78 is 0. The molecule has 0 aliphatic heterocycles. The van der Waals surface area contributed by atoms with Crippen LogP contribution < -0.4 is 11.1 Å². The van der Waals surface area contributed by atoms with E-state index in [4.69, 9.17) is 5.73 Å². The molecule has 112 valence electrons. The number of nitrogens with zero attached hydrogens (tertiary/aromatic N) is 2. The molecule has 0 radical (unpaired) electrons. The van der Waals surface area contributed by atoms with Gasteiger partial charge in [0.15, 0.2) is 0 Å². The van der Waals surface area contributed by atoms with Crippen molar-refractivity contribution in [1.29, 1.82) is 0 Å². The van der Waals surface area contributed by atoms with Crippen LogP contribution in [-0.4, -0.2) is 21.6 Å². The molecule has 1 unspecified atom stereocenters. The SMILES string of the molecule is Cc1cc(C(C)C)nc(NCC(O)c2ccc(N)cc2)n1. The molecule has 0 aliphatic carbocycles. The molecule has 2 rings (SSSR count). The Kier molecular flexibility index (Phi) is 4.75. The Morgan fingerprint density at radius 3 is 2.48 bits per heavy atom. The number of aliphatic hydroxyl groups is 1. The van der Waals surface area contributed by atoms with Gasteiger partial charge in [0.25, 0.3) is 0 Å². The highest BCUT2D eigenvalue weighted by Gasteiger charge is 2.10. The number of hydrogen-bond donors (Lipinski definition) is 3. The molecule has 1 aromatic heterocycles. The van der Waals surface area contributed by atoms with Crippen LogP contribution >= 0.6 is 0 Å². The minimum Gasteiger partial charge on any atom is -0.399 e. The van der Waals surface area contributed by atoms with Crippen molar-refractivity contribution >= 4 is 11.6 Å². The first-order valence-electron chi connectivity index (χ1n) is 7.08. The predicted octanol–water partition coefficient (Wildman–Crippen LogP) is 2.64. The molecule has 0 spiro atoms. The zero-order valence-corrected chi connectivity index (χ0v) is 12.7. The lowest BCUT2D eigenvalue weighted by atomic mass is 10.1. The second-order valence-electron chi connectivity index (χ2n) is 5.48. The monoisotopic (exact) mass is 286 g/mol. The normalized spacial score (nSPS) is 12.4. The van der Waals surface area contributed by atoms with Crippen LogP contribution in [0.4, 0.5) is 11.6 Å². The van der Waals surface area contributed by atoms with Crippen LogP contribution in [0.5, 0.6) is 0 Å². The molecular formula is C16H22N4O. The number of anilines is 2. The van der Waals surface area contributed by atoms with Crippen molar-refractivity contribution in [3.63, 3.8) is 0 Å². The summed E-state index contributed by atoms with van der Waals surface area (Å²) in [5.74, 6) is 0.891. The molecule has 0 aliphatic rings. The summed E-state index contributed by atoms with van der Waals surface area (Å²) in [5.41, 5.74) is 9.04. The number of hydrogen-bond acceptors (Lipinski definition) is 5. The van der Waals surface area contributed by atoms with Crippen molar-refractivity contribution in [2.24, 2.45) is 0 Å². The van der Waals surface area contributed by atoms with Gasteiger partial charge in [-0.25, -0.2) is 9.97 Å². The Bertz CT molecular complexity index is 596. The van der Waals surface area contributed by atoms with Gasteiger partial charge in [0.05, 0.1) is 6.10 Å². The van der Waals surface area contributed by atoms with Crippen LogP contribution in [0.25, 0.3) is 0 Å². The van der Waals surface area contributed by atoms with E-state index >= 15 is 0 Å². The second kappa shape index (κ2) is 6.54. The quantitative estimate of drug-likeness (QED) is 0.736. The molecule has 0 saturated heterocycles. The van der Waals surface area contributed by atoms with Crippen LogP contribution in [0.1, 0.15) is 42.8 Å². The fourth-order valence-corrected chi connectivity index (χ4v) is 1.99. The summed E-state index contributed by atoms with van der Waals surface area (Å²) in [6.45, 7) is 6.48. The number of nitrogens with one attached hydrogen (secondary N) is 1. The fourth-order valence-electron chi connectivity index (χ4n) is 1.99. The third kappa shape index (κ3) is 4.16. The topological polar surface area (TPSA) is 84.1 Å². The van der Waals surface area contributed by atoms with E-state index in [0.29, 0.717) is 24.1 Å². The van der Waals surface area contributed by atoms with Crippen LogP contribution in [0.3, 0.4) is 0 Å². The number of benzene rings is 1. The van der Waals surface area contributed by atoms with Crippen LogP contribution in [0, 0.1) is 6.92 Å². The molecule has 1 atom stereocenters.